The molecular formula is C23H25N3O2. The lowest BCUT2D eigenvalue weighted by atomic mass is 10.1. The molecule has 1 saturated carbocycles. The highest BCUT2D eigenvalue weighted by atomic mass is 16.5. The van der Waals surface area contributed by atoms with Gasteiger partial charge in [0.05, 0.1) is 12.3 Å². The quantitative estimate of drug-likeness (QED) is 0.577. The third kappa shape index (κ3) is 5.62. The van der Waals surface area contributed by atoms with Gasteiger partial charge in [0.2, 0.25) is 0 Å². The van der Waals surface area contributed by atoms with Gasteiger partial charge < -0.3 is 20.0 Å². The van der Waals surface area contributed by atoms with Crippen molar-refractivity contribution in [3.05, 3.63) is 75.8 Å². The average Bonchev–Trinajstić information content (AvgIpc) is 3.51. The van der Waals surface area contributed by atoms with Crippen LogP contribution in [0.15, 0.2) is 53.5 Å². The zero-order chi connectivity index (χ0) is 19.9. The second-order valence-corrected chi connectivity index (χ2v) is 6.93. The smallest absolute Gasteiger partial charge is 0.254 e. The van der Waals surface area contributed by atoms with Gasteiger partial charge in [-0.05, 0) is 55.8 Å². The van der Waals surface area contributed by atoms with E-state index in [0.29, 0.717) is 23.9 Å². The van der Waals surface area contributed by atoms with E-state index in [-0.39, 0.29) is 12.2 Å². The fraction of sp³-hybridized carbons (Fsp3) is 0.304. The molecule has 1 aliphatic rings. The van der Waals surface area contributed by atoms with Crippen LogP contribution in [-0.4, -0.2) is 23.9 Å². The fourth-order valence-corrected chi connectivity index (χ4v) is 2.67. The normalized spacial score (nSPS) is 13.1. The van der Waals surface area contributed by atoms with Crippen molar-refractivity contribution >= 4 is 5.71 Å². The standard InChI is InChI=1S/C23H25N3O2/c1-17-13-22(28-16-21(24)11-12-25-2)14-23(27)26(17)15-20-9-7-19(8-10-20)6-5-18-3-4-18/h7-14,18,24-25H,3-4,15-16H2,1-2H3/b12-11-,24-21?. The molecule has 0 spiro atoms. The minimum Gasteiger partial charge on any atom is -0.487 e. The van der Waals surface area contributed by atoms with E-state index < -0.39 is 0 Å². The lowest BCUT2D eigenvalue weighted by molar-refractivity contribution is 0.374. The SMILES string of the molecule is CN/C=C\C(=N)COc1cc(C)n(Cc2ccc(C#CC3CC3)cc2)c(=O)c1. The molecule has 0 bridgehead atoms. The van der Waals surface area contributed by atoms with E-state index in [4.69, 9.17) is 10.1 Å². The lowest BCUT2D eigenvalue weighted by Gasteiger charge is -2.12. The van der Waals surface area contributed by atoms with Crippen molar-refractivity contribution in [3.63, 3.8) is 0 Å². The van der Waals surface area contributed by atoms with E-state index >= 15 is 0 Å². The summed E-state index contributed by atoms with van der Waals surface area (Å²) in [5.74, 6) is 7.52. The number of nitrogens with one attached hydrogen (secondary N) is 2. The number of pyridine rings is 1. The van der Waals surface area contributed by atoms with Crippen LogP contribution in [0.1, 0.15) is 29.7 Å². The molecule has 0 radical (unpaired) electrons. The summed E-state index contributed by atoms with van der Waals surface area (Å²) in [5.41, 5.74) is 3.08. The van der Waals surface area contributed by atoms with Gasteiger partial charge in [0.25, 0.3) is 5.56 Å². The average molecular weight is 375 g/mol. The Labute approximate surface area is 165 Å². The first-order valence-electron chi connectivity index (χ1n) is 9.41. The van der Waals surface area contributed by atoms with E-state index in [0.717, 1.165) is 16.8 Å². The lowest BCUT2D eigenvalue weighted by Crippen LogP contribution is -2.22. The van der Waals surface area contributed by atoms with Crippen molar-refractivity contribution in [1.29, 1.82) is 5.41 Å². The van der Waals surface area contributed by atoms with Gasteiger partial charge in [-0.15, -0.1) is 0 Å². The zero-order valence-electron chi connectivity index (χ0n) is 16.3. The van der Waals surface area contributed by atoms with Gasteiger partial charge >= 0.3 is 0 Å². The number of aromatic nitrogens is 1. The summed E-state index contributed by atoms with van der Waals surface area (Å²) >= 11 is 0. The summed E-state index contributed by atoms with van der Waals surface area (Å²) in [7, 11) is 1.77. The summed E-state index contributed by atoms with van der Waals surface area (Å²) < 4.78 is 7.28. The molecule has 28 heavy (non-hydrogen) atoms. The molecule has 3 rings (SSSR count). The minimum absolute atomic E-state index is 0.116. The van der Waals surface area contributed by atoms with Crippen LogP contribution in [0.25, 0.3) is 0 Å². The predicted octanol–water partition coefficient (Wildman–Crippen LogP) is 3.10. The molecular weight excluding hydrogens is 350 g/mol. The predicted molar refractivity (Wildman–Crippen MR) is 112 cm³/mol. The maximum atomic E-state index is 12.5. The van der Waals surface area contributed by atoms with E-state index in [2.05, 4.69) is 17.2 Å². The van der Waals surface area contributed by atoms with Gasteiger partial charge in [0.1, 0.15) is 12.4 Å². The molecule has 2 aromatic rings. The first-order valence-corrected chi connectivity index (χ1v) is 9.41. The summed E-state index contributed by atoms with van der Waals surface area (Å²) in [6.45, 7) is 2.50. The number of hydrogen-bond donors (Lipinski definition) is 2. The van der Waals surface area contributed by atoms with Gasteiger partial charge in [0.15, 0.2) is 0 Å². The minimum atomic E-state index is -0.120. The molecule has 0 unspecified atom stereocenters. The molecule has 0 amide bonds. The van der Waals surface area contributed by atoms with Crippen molar-refractivity contribution < 1.29 is 4.74 Å². The fourth-order valence-electron chi connectivity index (χ4n) is 2.67. The Hall–Kier alpha value is -3.26. The Morgan fingerprint density at radius 2 is 2.07 bits per heavy atom. The number of nitrogens with zero attached hydrogens (tertiary/aromatic N) is 1. The molecule has 0 aliphatic heterocycles. The van der Waals surface area contributed by atoms with Crippen LogP contribution in [0, 0.1) is 30.1 Å². The molecule has 0 saturated heterocycles. The van der Waals surface area contributed by atoms with E-state index in [1.165, 1.54) is 18.9 Å². The summed E-state index contributed by atoms with van der Waals surface area (Å²) in [4.78, 5) is 12.5. The van der Waals surface area contributed by atoms with Crippen molar-refractivity contribution in [2.24, 2.45) is 5.92 Å². The van der Waals surface area contributed by atoms with Gasteiger partial charge in [-0.3, -0.25) is 4.79 Å². The van der Waals surface area contributed by atoms with E-state index in [1.54, 1.807) is 23.9 Å². The summed E-state index contributed by atoms with van der Waals surface area (Å²) in [6.07, 6.45) is 5.73. The number of benzene rings is 1. The maximum Gasteiger partial charge on any atom is 0.254 e. The van der Waals surface area contributed by atoms with Crippen LogP contribution in [0.3, 0.4) is 0 Å². The largest absolute Gasteiger partial charge is 0.487 e. The van der Waals surface area contributed by atoms with E-state index in [1.807, 2.05) is 37.3 Å². The molecule has 5 nitrogen and oxygen atoms in total. The Morgan fingerprint density at radius 3 is 2.71 bits per heavy atom. The topological polar surface area (TPSA) is 67.1 Å². The first-order chi connectivity index (χ1) is 13.5. The summed E-state index contributed by atoms with van der Waals surface area (Å²) in [6, 6.07) is 11.3. The van der Waals surface area contributed by atoms with Crippen LogP contribution in [0.4, 0.5) is 0 Å². The highest BCUT2D eigenvalue weighted by Crippen LogP contribution is 2.27. The second kappa shape index (κ2) is 9.09. The Balaban J connectivity index is 1.65. The van der Waals surface area contributed by atoms with Gasteiger partial charge in [-0.1, -0.05) is 24.0 Å². The molecule has 0 atom stereocenters. The molecule has 1 aromatic heterocycles. The number of rotatable bonds is 7. The molecule has 1 aliphatic carbocycles. The van der Waals surface area contributed by atoms with Crippen LogP contribution < -0.4 is 15.6 Å². The number of aryl methyl sites for hydroxylation is 1. The summed E-state index contributed by atoms with van der Waals surface area (Å²) in [5, 5.41) is 10.6. The number of hydrogen-bond acceptors (Lipinski definition) is 4. The maximum absolute atomic E-state index is 12.5. The Bertz CT molecular complexity index is 987. The Morgan fingerprint density at radius 1 is 1.32 bits per heavy atom. The molecule has 5 heteroatoms. The van der Waals surface area contributed by atoms with Crippen LogP contribution in [0.2, 0.25) is 0 Å². The highest BCUT2D eigenvalue weighted by Gasteiger charge is 2.17. The molecule has 1 heterocycles. The molecule has 1 fully saturated rings. The molecule has 2 N–H and O–H groups in total. The van der Waals surface area contributed by atoms with Crippen LogP contribution in [0.5, 0.6) is 5.75 Å². The second-order valence-electron chi connectivity index (χ2n) is 6.93. The van der Waals surface area contributed by atoms with Crippen LogP contribution >= 0.6 is 0 Å². The first kappa shape index (κ1) is 19.5. The third-order valence-corrected chi connectivity index (χ3v) is 4.45. The van der Waals surface area contributed by atoms with Crippen molar-refractivity contribution in [1.82, 2.24) is 9.88 Å². The van der Waals surface area contributed by atoms with Crippen LogP contribution in [-0.2, 0) is 6.54 Å². The zero-order valence-corrected chi connectivity index (χ0v) is 16.3. The highest BCUT2D eigenvalue weighted by molar-refractivity contribution is 5.93. The Kier molecular flexibility index (Phi) is 6.33. The monoisotopic (exact) mass is 375 g/mol. The van der Waals surface area contributed by atoms with Gasteiger partial charge in [0, 0.05) is 30.3 Å². The van der Waals surface area contributed by atoms with Crippen molar-refractivity contribution in [2.45, 2.75) is 26.3 Å². The van der Waals surface area contributed by atoms with Crippen molar-refractivity contribution in [3.8, 4) is 17.6 Å². The molecule has 144 valence electrons. The van der Waals surface area contributed by atoms with Crippen molar-refractivity contribution in [2.75, 3.05) is 13.7 Å². The number of ether oxygens (including phenoxy) is 1. The van der Waals surface area contributed by atoms with E-state index in [9.17, 15) is 4.79 Å². The van der Waals surface area contributed by atoms with Gasteiger partial charge in [-0.25, -0.2) is 0 Å². The third-order valence-electron chi connectivity index (χ3n) is 4.45. The molecule has 1 aromatic carbocycles. The van der Waals surface area contributed by atoms with Gasteiger partial charge in [-0.2, -0.15) is 0 Å².